The molecule has 2 aromatic rings. The molecule has 0 aliphatic heterocycles. The molecule has 62 valence electrons. The van der Waals surface area contributed by atoms with E-state index in [4.69, 9.17) is 0 Å². The molecule has 1 aromatic carbocycles. The van der Waals surface area contributed by atoms with Crippen molar-refractivity contribution in [3.05, 3.63) is 30.0 Å². The topological polar surface area (TPSA) is 17.8 Å². The van der Waals surface area contributed by atoms with Crippen molar-refractivity contribution in [1.29, 1.82) is 0 Å². The Morgan fingerprint density at radius 3 is 2.92 bits per heavy atom. The molecule has 2 nitrogen and oxygen atoms in total. The molecule has 0 N–H and O–H groups in total. The second-order valence-electron chi connectivity index (χ2n) is 3.00. The largest absolute Gasteiger partial charge is 0.272 e. The number of nitrogens with zero attached hydrogens (tertiary/aromatic N) is 2. The molecule has 0 atom stereocenters. The lowest BCUT2D eigenvalue weighted by Gasteiger charge is -1.91. The van der Waals surface area contributed by atoms with Gasteiger partial charge in [0.25, 0.3) is 0 Å². The lowest BCUT2D eigenvalue weighted by Crippen LogP contribution is -1.92. The van der Waals surface area contributed by atoms with Crippen molar-refractivity contribution in [1.82, 2.24) is 9.78 Å². The average molecular weight is 160 g/mol. The second-order valence-corrected chi connectivity index (χ2v) is 3.00. The van der Waals surface area contributed by atoms with Crippen molar-refractivity contribution < 1.29 is 0 Å². The summed E-state index contributed by atoms with van der Waals surface area (Å²) in [5.41, 5.74) is 2.37. The molecule has 1 heterocycles. The third-order valence-corrected chi connectivity index (χ3v) is 2.11. The van der Waals surface area contributed by atoms with Crippen molar-refractivity contribution in [2.75, 3.05) is 0 Å². The van der Waals surface area contributed by atoms with Gasteiger partial charge < -0.3 is 0 Å². The van der Waals surface area contributed by atoms with Gasteiger partial charge in [0.05, 0.1) is 5.52 Å². The molecule has 1 aromatic heterocycles. The van der Waals surface area contributed by atoms with E-state index in [-0.39, 0.29) is 0 Å². The van der Waals surface area contributed by atoms with Crippen LogP contribution in [0.25, 0.3) is 10.9 Å². The molecule has 0 aliphatic carbocycles. The summed E-state index contributed by atoms with van der Waals surface area (Å²) in [6.07, 6.45) is 2.09. The predicted molar refractivity (Wildman–Crippen MR) is 50.1 cm³/mol. The zero-order valence-corrected chi connectivity index (χ0v) is 7.41. The molecule has 0 bridgehead atoms. The average Bonchev–Trinajstić information content (AvgIpc) is 2.49. The highest BCUT2D eigenvalue weighted by molar-refractivity contribution is 5.80. The van der Waals surface area contributed by atoms with Crippen LogP contribution in [0.15, 0.2) is 24.4 Å². The quantitative estimate of drug-likeness (QED) is 0.626. The third-order valence-electron chi connectivity index (χ3n) is 2.11. The number of aromatic nitrogens is 2. The number of benzene rings is 1. The summed E-state index contributed by atoms with van der Waals surface area (Å²) in [6.45, 7) is 5.13. The summed E-state index contributed by atoms with van der Waals surface area (Å²) in [4.78, 5) is 0. The van der Waals surface area contributed by atoms with Gasteiger partial charge in [0, 0.05) is 18.1 Å². The van der Waals surface area contributed by atoms with Gasteiger partial charge in [-0.05, 0) is 19.4 Å². The van der Waals surface area contributed by atoms with E-state index in [1.54, 1.807) is 0 Å². The Kier molecular flexibility index (Phi) is 1.61. The third kappa shape index (κ3) is 0.998. The van der Waals surface area contributed by atoms with Gasteiger partial charge in [0.1, 0.15) is 0 Å². The highest BCUT2D eigenvalue weighted by Gasteiger charge is 2.00. The summed E-state index contributed by atoms with van der Waals surface area (Å²) in [5, 5.41) is 5.68. The van der Waals surface area contributed by atoms with Gasteiger partial charge in [-0.25, -0.2) is 0 Å². The van der Waals surface area contributed by atoms with E-state index in [1.807, 2.05) is 4.68 Å². The summed E-state index contributed by atoms with van der Waals surface area (Å²) >= 11 is 0. The lowest BCUT2D eigenvalue weighted by molar-refractivity contribution is 0.667. The van der Waals surface area contributed by atoms with Crippen LogP contribution in [0.3, 0.4) is 0 Å². The molecule has 12 heavy (non-hydrogen) atoms. The van der Waals surface area contributed by atoms with Crippen LogP contribution in [0.2, 0.25) is 0 Å². The molecule has 0 spiro atoms. The number of fused-ring (bicyclic) bond motifs is 1. The highest BCUT2D eigenvalue weighted by Crippen LogP contribution is 2.15. The summed E-state index contributed by atoms with van der Waals surface area (Å²) in [5.74, 6) is 0. The van der Waals surface area contributed by atoms with Crippen molar-refractivity contribution in [2.24, 2.45) is 0 Å². The second kappa shape index (κ2) is 2.63. The standard InChI is InChI=1S/C10H12N2/c1-3-12-7-9-6-4-5-8(2)10(9)11-12/h4-7H,3H2,1-2H3. The van der Waals surface area contributed by atoms with Crippen LogP contribution in [0, 0.1) is 6.92 Å². The van der Waals surface area contributed by atoms with Crippen LogP contribution >= 0.6 is 0 Å². The van der Waals surface area contributed by atoms with Gasteiger partial charge in [-0.3, -0.25) is 4.68 Å². The monoisotopic (exact) mass is 160 g/mol. The first-order valence-corrected chi connectivity index (χ1v) is 4.24. The minimum absolute atomic E-state index is 0.939. The molecule has 0 amide bonds. The van der Waals surface area contributed by atoms with E-state index < -0.39 is 0 Å². The van der Waals surface area contributed by atoms with Gasteiger partial charge in [-0.2, -0.15) is 5.10 Å². The minimum Gasteiger partial charge on any atom is -0.272 e. The fourth-order valence-corrected chi connectivity index (χ4v) is 1.40. The van der Waals surface area contributed by atoms with Crippen molar-refractivity contribution >= 4 is 10.9 Å². The zero-order chi connectivity index (χ0) is 8.55. The molecular formula is C10H12N2. The molecule has 0 aliphatic rings. The van der Waals surface area contributed by atoms with Crippen molar-refractivity contribution in [2.45, 2.75) is 20.4 Å². The highest BCUT2D eigenvalue weighted by atomic mass is 15.3. The fraction of sp³-hybridized carbons (Fsp3) is 0.300. The summed E-state index contributed by atoms with van der Waals surface area (Å²) < 4.78 is 1.97. The summed E-state index contributed by atoms with van der Waals surface area (Å²) in [7, 11) is 0. The van der Waals surface area contributed by atoms with Gasteiger partial charge in [0.15, 0.2) is 0 Å². The van der Waals surface area contributed by atoms with E-state index in [9.17, 15) is 0 Å². The smallest absolute Gasteiger partial charge is 0.0952 e. The van der Waals surface area contributed by atoms with Crippen LogP contribution in [0.4, 0.5) is 0 Å². The number of rotatable bonds is 1. The van der Waals surface area contributed by atoms with E-state index >= 15 is 0 Å². The Morgan fingerprint density at radius 1 is 1.42 bits per heavy atom. The van der Waals surface area contributed by atoms with E-state index in [2.05, 4.69) is 43.3 Å². The van der Waals surface area contributed by atoms with E-state index in [1.165, 1.54) is 10.9 Å². The van der Waals surface area contributed by atoms with Crippen LogP contribution in [-0.4, -0.2) is 9.78 Å². The molecule has 2 rings (SSSR count). The van der Waals surface area contributed by atoms with Gasteiger partial charge in [-0.15, -0.1) is 0 Å². The summed E-state index contributed by atoms with van der Waals surface area (Å²) in [6, 6.07) is 6.26. The lowest BCUT2D eigenvalue weighted by atomic mass is 10.2. The van der Waals surface area contributed by atoms with E-state index in [0.717, 1.165) is 12.1 Å². The SMILES string of the molecule is CCn1cc2cccc(C)c2n1. The number of aryl methyl sites for hydroxylation is 2. The fourth-order valence-electron chi connectivity index (χ4n) is 1.40. The Morgan fingerprint density at radius 2 is 2.25 bits per heavy atom. The predicted octanol–water partition coefficient (Wildman–Crippen LogP) is 2.36. The number of hydrogen-bond donors (Lipinski definition) is 0. The Balaban J connectivity index is 2.74. The number of hydrogen-bond acceptors (Lipinski definition) is 1. The van der Waals surface area contributed by atoms with Crippen LogP contribution in [0.1, 0.15) is 12.5 Å². The van der Waals surface area contributed by atoms with Crippen molar-refractivity contribution in [3.63, 3.8) is 0 Å². The van der Waals surface area contributed by atoms with E-state index in [0.29, 0.717) is 0 Å². The normalized spacial score (nSPS) is 10.8. The minimum atomic E-state index is 0.939. The van der Waals surface area contributed by atoms with Crippen molar-refractivity contribution in [3.8, 4) is 0 Å². The van der Waals surface area contributed by atoms with Crippen LogP contribution in [-0.2, 0) is 6.54 Å². The molecular weight excluding hydrogens is 148 g/mol. The Hall–Kier alpha value is -1.31. The molecule has 0 radical (unpaired) electrons. The molecule has 0 saturated heterocycles. The molecule has 0 unspecified atom stereocenters. The first kappa shape index (κ1) is 7.35. The Bertz CT molecular complexity index is 401. The van der Waals surface area contributed by atoms with Crippen LogP contribution < -0.4 is 0 Å². The van der Waals surface area contributed by atoms with Crippen LogP contribution in [0.5, 0.6) is 0 Å². The Labute approximate surface area is 71.8 Å². The maximum Gasteiger partial charge on any atom is 0.0952 e. The maximum atomic E-state index is 4.45. The van der Waals surface area contributed by atoms with Gasteiger partial charge in [-0.1, -0.05) is 18.2 Å². The molecule has 0 saturated carbocycles. The molecule has 2 heteroatoms. The van der Waals surface area contributed by atoms with Gasteiger partial charge >= 0.3 is 0 Å². The van der Waals surface area contributed by atoms with Gasteiger partial charge in [0.2, 0.25) is 0 Å². The first-order valence-electron chi connectivity index (χ1n) is 4.24. The molecule has 0 fully saturated rings. The first-order chi connectivity index (χ1) is 5.81. The maximum absolute atomic E-state index is 4.45. The zero-order valence-electron chi connectivity index (χ0n) is 7.41.